The summed E-state index contributed by atoms with van der Waals surface area (Å²) in [5, 5.41) is 1.91. The monoisotopic (exact) mass is 252 g/mol. The van der Waals surface area contributed by atoms with Crippen LogP contribution in [0.4, 0.5) is 0 Å². The molecule has 0 aliphatic rings. The standard InChI is InChI=1S/C12H13ClN2S/c13-10-5-3-9(4-6-10)11-8-15-12(16-11)2-1-7-14/h3-6,8H,1-2,7,14H2. The van der Waals surface area contributed by atoms with Crippen molar-refractivity contribution in [1.29, 1.82) is 0 Å². The Morgan fingerprint density at radius 2 is 2.00 bits per heavy atom. The lowest BCUT2D eigenvalue weighted by atomic mass is 10.2. The fourth-order valence-corrected chi connectivity index (χ4v) is 2.52. The lowest BCUT2D eigenvalue weighted by Gasteiger charge is -1.96. The average molecular weight is 253 g/mol. The van der Waals surface area contributed by atoms with Crippen molar-refractivity contribution >= 4 is 22.9 Å². The lowest BCUT2D eigenvalue weighted by Crippen LogP contribution is -1.99. The number of nitrogens with two attached hydrogens (primary N) is 1. The van der Waals surface area contributed by atoms with Gasteiger partial charge >= 0.3 is 0 Å². The molecule has 0 atom stereocenters. The highest BCUT2D eigenvalue weighted by molar-refractivity contribution is 7.15. The first-order valence-corrected chi connectivity index (χ1v) is 6.40. The molecular weight excluding hydrogens is 240 g/mol. The van der Waals surface area contributed by atoms with Crippen LogP contribution in [0.25, 0.3) is 10.4 Å². The Balaban J connectivity index is 2.15. The van der Waals surface area contributed by atoms with Crippen LogP contribution in [-0.2, 0) is 6.42 Å². The molecule has 0 saturated carbocycles. The number of aryl methyl sites for hydroxylation is 1. The molecule has 0 spiro atoms. The van der Waals surface area contributed by atoms with Crippen LogP contribution < -0.4 is 5.73 Å². The van der Waals surface area contributed by atoms with Crippen molar-refractivity contribution in [2.75, 3.05) is 6.54 Å². The van der Waals surface area contributed by atoms with Crippen LogP contribution in [0.15, 0.2) is 30.5 Å². The molecule has 0 aliphatic heterocycles. The summed E-state index contributed by atoms with van der Waals surface area (Å²) in [5.41, 5.74) is 6.64. The highest BCUT2D eigenvalue weighted by atomic mass is 35.5. The molecule has 2 N–H and O–H groups in total. The molecule has 0 amide bonds. The van der Waals surface area contributed by atoms with Crippen molar-refractivity contribution < 1.29 is 0 Å². The Labute approximate surface area is 104 Å². The summed E-state index contributed by atoms with van der Waals surface area (Å²) in [7, 11) is 0. The Kier molecular flexibility index (Phi) is 3.93. The van der Waals surface area contributed by atoms with E-state index in [4.69, 9.17) is 17.3 Å². The van der Waals surface area contributed by atoms with Crippen LogP contribution in [-0.4, -0.2) is 11.5 Å². The van der Waals surface area contributed by atoms with Crippen LogP contribution in [0.2, 0.25) is 5.02 Å². The van der Waals surface area contributed by atoms with E-state index in [2.05, 4.69) is 4.98 Å². The van der Waals surface area contributed by atoms with Gasteiger partial charge < -0.3 is 5.73 Å². The van der Waals surface area contributed by atoms with Crippen LogP contribution in [0, 0.1) is 0 Å². The van der Waals surface area contributed by atoms with E-state index >= 15 is 0 Å². The van der Waals surface area contributed by atoms with Crippen molar-refractivity contribution in [2.24, 2.45) is 5.73 Å². The molecule has 0 bridgehead atoms. The Morgan fingerprint density at radius 1 is 1.25 bits per heavy atom. The number of nitrogens with zero attached hydrogens (tertiary/aromatic N) is 1. The van der Waals surface area contributed by atoms with Crippen molar-refractivity contribution in [3.8, 4) is 10.4 Å². The number of halogens is 1. The smallest absolute Gasteiger partial charge is 0.0931 e. The van der Waals surface area contributed by atoms with E-state index in [1.54, 1.807) is 11.3 Å². The van der Waals surface area contributed by atoms with Gasteiger partial charge in [0.15, 0.2) is 0 Å². The molecule has 1 aromatic heterocycles. The minimum Gasteiger partial charge on any atom is -0.330 e. The van der Waals surface area contributed by atoms with E-state index in [0.29, 0.717) is 0 Å². The van der Waals surface area contributed by atoms with Crippen molar-refractivity contribution in [1.82, 2.24) is 4.98 Å². The second-order valence-electron chi connectivity index (χ2n) is 3.52. The number of hydrogen-bond acceptors (Lipinski definition) is 3. The minimum absolute atomic E-state index is 0.718. The van der Waals surface area contributed by atoms with Crippen LogP contribution in [0.1, 0.15) is 11.4 Å². The topological polar surface area (TPSA) is 38.9 Å². The van der Waals surface area contributed by atoms with Crippen molar-refractivity contribution in [3.05, 3.63) is 40.5 Å². The molecule has 0 radical (unpaired) electrons. The first-order chi connectivity index (χ1) is 7.79. The zero-order valence-electron chi connectivity index (χ0n) is 8.82. The predicted molar refractivity (Wildman–Crippen MR) is 69.9 cm³/mol. The third-order valence-electron chi connectivity index (χ3n) is 2.28. The van der Waals surface area contributed by atoms with Gasteiger partial charge in [0, 0.05) is 17.6 Å². The molecule has 1 aromatic carbocycles. The predicted octanol–water partition coefficient (Wildman–Crippen LogP) is 3.35. The Hall–Kier alpha value is -0.900. The van der Waals surface area contributed by atoms with E-state index < -0.39 is 0 Å². The number of rotatable bonds is 4. The SMILES string of the molecule is NCCCc1ncc(-c2ccc(Cl)cc2)s1. The molecule has 2 nitrogen and oxygen atoms in total. The van der Waals surface area contributed by atoms with Gasteiger partial charge in [0.2, 0.25) is 0 Å². The van der Waals surface area contributed by atoms with E-state index in [9.17, 15) is 0 Å². The summed E-state index contributed by atoms with van der Waals surface area (Å²) in [6, 6.07) is 7.83. The van der Waals surface area contributed by atoms with Gasteiger partial charge in [-0.1, -0.05) is 23.7 Å². The zero-order valence-corrected chi connectivity index (χ0v) is 10.4. The third kappa shape index (κ3) is 2.82. The zero-order chi connectivity index (χ0) is 11.4. The summed E-state index contributed by atoms with van der Waals surface area (Å²) in [6.07, 6.45) is 3.88. The quantitative estimate of drug-likeness (QED) is 0.906. The second-order valence-corrected chi connectivity index (χ2v) is 5.07. The molecule has 4 heteroatoms. The molecule has 84 valence electrons. The van der Waals surface area contributed by atoms with E-state index in [-0.39, 0.29) is 0 Å². The summed E-state index contributed by atoms with van der Waals surface area (Å²) in [6.45, 7) is 0.718. The lowest BCUT2D eigenvalue weighted by molar-refractivity contribution is 0.826. The molecule has 1 heterocycles. The second kappa shape index (κ2) is 5.43. The summed E-state index contributed by atoms with van der Waals surface area (Å²) in [5.74, 6) is 0. The maximum absolute atomic E-state index is 5.85. The van der Waals surface area contributed by atoms with E-state index in [0.717, 1.165) is 29.4 Å². The van der Waals surface area contributed by atoms with Crippen LogP contribution >= 0.6 is 22.9 Å². The Morgan fingerprint density at radius 3 is 2.69 bits per heavy atom. The van der Waals surface area contributed by atoms with Crippen molar-refractivity contribution in [3.63, 3.8) is 0 Å². The maximum Gasteiger partial charge on any atom is 0.0931 e. The third-order valence-corrected chi connectivity index (χ3v) is 3.64. The molecule has 0 unspecified atom stereocenters. The molecular formula is C12H13ClN2S. The summed E-state index contributed by atoms with van der Waals surface area (Å²) in [4.78, 5) is 5.57. The fraction of sp³-hybridized carbons (Fsp3) is 0.250. The molecule has 2 aromatic rings. The highest BCUT2D eigenvalue weighted by Gasteiger charge is 2.03. The number of hydrogen-bond donors (Lipinski definition) is 1. The van der Waals surface area contributed by atoms with Crippen LogP contribution in [0.5, 0.6) is 0 Å². The van der Waals surface area contributed by atoms with Gasteiger partial charge in [0.1, 0.15) is 0 Å². The number of thiazole rings is 1. The summed E-state index contributed by atoms with van der Waals surface area (Å²) >= 11 is 7.57. The van der Waals surface area contributed by atoms with Gasteiger partial charge in [-0.3, -0.25) is 0 Å². The van der Waals surface area contributed by atoms with Gasteiger partial charge in [-0.25, -0.2) is 4.98 Å². The first kappa shape index (κ1) is 11.6. The van der Waals surface area contributed by atoms with Crippen LogP contribution in [0.3, 0.4) is 0 Å². The van der Waals surface area contributed by atoms with Gasteiger partial charge in [0.25, 0.3) is 0 Å². The maximum atomic E-state index is 5.85. The fourth-order valence-electron chi connectivity index (χ4n) is 1.43. The number of benzene rings is 1. The molecule has 16 heavy (non-hydrogen) atoms. The molecule has 2 rings (SSSR count). The first-order valence-electron chi connectivity index (χ1n) is 5.20. The van der Waals surface area contributed by atoms with Crippen molar-refractivity contribution in [2.45, 2.75) is 12.8 Å². The minimum atomic E-state index is 0.718. The molecule has 0 aliphatic carbocycles. The normalized spacial score (nSPS) is 10.6. The molecule has 0 fully saturated rings. The average Bonchev–Trinajstić information content (AvgIpc) is 2.76. The number of aromatic nitrogens is 1. The van der Waals surface area contributed by atoms with Gasteiger partial charge in [-0.05, 0) is 30.7 Å². The Bertz CT molecular complexity index is 450. The summed E-state index contributed by atoms with van der Waals surface area (Å²) < 4.78 is 0. The van der Waals surface area contributed by atoms with E-state index in [1.807, 2.05) is 30.5 Å². The van der Waals surface area contributed by atoms with E-state index in [1.165, 1.54) is 10.4 Å². The highest BCUT2D eigenvalue weighted by Crippen LogP contribution is 2.27. The van der Waals surface area contributed by atoms with Gasteiger partial charge in [0.05, 0.1) is 9.88 Å². The molecule has 0 saturated heterocycles. The van der Waals surface area contributed by atoms with Gasteiger partial charge in [-0.2, -0.15) is 0 Å². The van der Waals surface area contributed by atoms with Gasteiger partial charge in [-0.15, -0.1) is 11.3 Å². The largest absolute Gasteiger partial charge is 0.330 e.